The van der Waals surface area contributed by atoms with E-state index >= 15 is 0 Å². The normalized spacial score (nSPS) is 20.4. The molecule has 5 nitrogen and oxygen atoms in total. The van der Waals surface area contributed by atoms with Crippen LogP contribution in [0.5, 0.6) is 0 Å². The zero-order valence-corrected chi connectivity index (χ0v) is 14.4. The lowest BCUT2D eigenvalue weighted by molar-refractivity contribution is 0.0434. The molecule has 1 atom stereocenters. The van der Waals surface area contributed by atoms with Crippen molar-refractivity contribution in [2.24, 2.45) is 16.6 Å². The fourth-order valence-corrected chi connectivity index (χ4v) is 2.24. The lowest BCUT2D eigenvalue weighted by Crippen LogP contribution is -2.43. The van der Waals surface area contributed by atoms with Crippen molar-refractivity contribution in [2.75, 3.05) is 19.6 Å². The minimum absolute atomic E-state index is 0. The summed E-state index contributed by atoms with van der Waals surface area (Å²) in [6.07, 6.45) is 3.83. The Kier molecular flexibility index (Phi) is 6.32. The molecule has 6 heteroatoms. The molecular weight excluding hydrogens is 369 g/mol. The molecule has 1 unspecified atom stereocenters. The van der Waals surface area contributed by atoms with Gasteiger partial charge in [-0.25, -0.2) is 4.99 Å². The Balaban J connectivity index is 0.00000200. The third-order valence-electron chi connectivity index (χ3n) is 3.71. The van der Waals surface area contributed by atoms with Crippen LogP contribution in [0.15, 0.2) is 27.8 Å². The van der Waals surface area contributed by atoms with Gasteiger partial charge in [-0.05, 0) is 37.8 Å². The van der Waals surface area contributed by atoms with Crippen molar-refractivity contribution in [3.8, 4) is 0 Å². The molecular formula is C14H24IN3O2. The molecule has 1 aliphatic heterocycles. The summed E-state index contributed by atoms with van der Waals surface area (Å²) in [7, 11) is 0. The standard InChI is InChI=1S/C14H23N3O2.HI/c1-11-5-7-17(8-6-11)13(15)16-10-14(2,18)12-4-3-9-19-12;/h3-4,9,11,18H,5-8,10H2,1-2H3,(H2,15,16);1H. The van der Waals surface area contributed by atoms with Gasteiger partial charge in [-0.3, -0.25) is 0 Å². The first-order valence-electron chi connectivity index (χ1n) is 6.80. The zero-order chi connectivity index (χ0) is 13.9. The molecule has 1 aromatic rings. The summed E-state index contributed by atoms with van der Waals surface area (Å²) in [5.74, 6) is 1.78. The third kappa shape index (κ3) is 4.37. The lowest BCUT2D eigenvalue weighted by Gasteiger charge is -2.31. The van der Waals surface area contributed by atoms with Gasteiger partial charge in [-0.1, -0.05) is 6.92 Å². The van der Waals surface area contributed by atoms with Gasteiger partial charge >= 0.3 is 0 Å². The van der Waals surface area contributed by atoms with Crippen LogP contribution in [0.1, 0.15) is 32.4 Å². The van der Waals surface area contributed by atoms with Crippen molar-refractivity contribution < 1.29 is 9.52 Å². The first-order valence-corrected chi connectivity index (χ1v) is 6.80. The van der Waals surface area contributed by atoms with Gasteiger partial charge in [0, 0.05) is 13.1 Å². The van der Waals surface area contributed by atoms with Crippen molar-refractivity contribution in [1.82, 2.24) is 4.90 Å². The molecule has 0 aromatic carbocycles. The number of nitrogens with two attached hydrogens (primary N) is 1. The maximum atomic E-state index is 10.3. The maximum Gasteiger partial charge on any atom is 0.191 e. The third-order valence-corrected chi connectivity index (χ3v) is 3.71. The Labute approximate surface area is 137 Å². The molecule has 2 heterocycles. The van der Waals surface area contributed by atoms with Crippen molar-refractivity contribution >= 4 is 29.9 Å². The Bertz CT molecular complexity index is 424. The molecule has 2 rings (SSSR count). The van der Waals surface area contributed by atoms with Gasteiger partial charge in [-0.15, -0.1) is 24.0 Å². The fraction of sp³-hybridized carbons (Fsp3) is 0.643. The second-order valence-electron chi connectivity index (χ2n) is 5.60. The minimum Gasteiger partial charge on any atom is -0.466 e. The average molecular weight is 393 g/mol. The first-order chi connectivity index (χ1) is 8.99. The number of hydrogen-bond donors (Lipinski definition) is 2. The van der Waals surface area contributed by atoms with E-state index in [1.165, 1.54) is 0 Å². The van der Waals surface area contributed by atoms with Gasteiger partial charge < -0.3 is 20.2 Å². The molecule has 1 saturated heterocycles. The molecule has 0 aliphatic carbocycles. The van der Waals surface area contributed by atoms with E-state index in [9.17, 15) is 5.11 Å². The van der Waals surface area contributed by atoms with Crippen LogP contribution in [0.4, 0.5) is 0 Å². The van der Waals surface area contributed by atoms with Crippen LogP contribution in [0.25, 0.3) is 0 Å². The molecule has 1 aliphatic rings. The van der Waals surface area contributed by atoms with E-state index in [0.29, 0.717) is 11.7 Å². The van der Waals surface area contributed by atoms with Gasteiger partial charge in [0.25, 0.3) is 0 Å². The number of hydrogen-bond acceptors (Lipinski definition) is 3. The highest BCUT2D eigenvalue weighted by Crippen LogP contribution is 2.21. The molecule has 114 valence electrons. The number of halogens is 1. The Morgan fingerprint density at radius 2 is 2.20 bits per heavy atom. The van der Waals surface area contributed by atoms with Gasteiger partial charge in [0.15, 0.2) is 5.96 Å². The predicted octanol–water partition coefficient (Wildman–Crippen LogP) is 2.15. The SMILES string of the molecule is CC1CCN(C(N)=NCC(C)(O)c2ccco2)CC1.I. The van der Waals surface area contributed by atoms with E-state index < -0.39 is 5.60 Å². The summed E-state index contributed by atoms with van der Waals surface area (Å²) in [5, 5.41) is 10.3. The molecule has 1 fully saturated rings. The minimum atomic E-state index is -1.11. The lowest BCUT2D eigenvalue weighted by atomic mass is 9.99. The molecule has 0 amide bonds. The zero-order valence-electron chi connectivity index (χ0n) is 12.1. The van der Waals surface area contributed by atoms with E-state index in [1.54, 1.807) is 25.3 Å². The van der Waals surface area contributed by atoms with Crippen molar-refractivity contribution in [3.63, 3.8) is 0 Å². The second kappa shape index (κ2) is 7.31. The van der Waals surface area contributed by atoms with Gasteiger partial charge in [0.1, 0.15) is 11.4 Å². The van der Waals surface area contributed by atoms with Gasteiger partial charge in [0.2, 0.25) is 0 Å². The van der Waals surface area contributed by atoms with E-state index in [4.69, 9.17) is 10.2 Å². The van der Waals surface area contributed by atoms with Crippen molar-refractivity contribution in [1.29, 1.82) is 0 Å². The highest BCUT2D eigenvalue weighted by atomic mass is 127. The predicted molar refractivity (Wildman–Crippen MR) is 90.2 cm³/mol. The molecule has 0 saturated carbocycles. The number of aliphatic hydroxyl groups is 1. The number of nitrogens with zero attached hydrogens (tertiary/aromatic N) is 2. The summed E-state index contributed by atoms with van der Waals surface area (Å²) < 4.78 is 5.22. The fourth-order valence-electron chi connectivity index (χ4n) is 2.24. The van der Waals surface area contributed by atoms with Crippen LogP contribution in [0.2, 0.25) is 0 Å². The number of guanidine groups is 1. The second-order valence-corrected chi connectivity index (χ2v) is 5.60. The van der Waals surface area contributed by atoms with Crippen LogP contribution in [-0.4, -0.2) is 35.6 Å². The van der Waals surface area contributed by atoms with E-state index in [-0.39, 0.29) is 30.5 Å². The van der Waals surface area contributed by atoms with Crippen LogP contribution >= 0.6 is 24.0 Å². The van der Waals surface area contributed by atoms with E-state index in [1.807, 2.05) is 0 Å². The van der Waals surface area contributed by atoms with Crippen LogP contribution in [0, 0.1) is 5.92 Å². The van der Waals surface area contributed by atoms with E-state index in [2.05, 4.69) is 16.8 Å². The van der Waals surface area contributed by atoms with Gasteiger partial charge in [0.05, 0.1) is 12.8 Å². The molecule has 0 spiro atoms. The maximum absolute atomic E-state index is 10.3. The molecule has 0 bridgehead atoms. The summed E-state index contributed by atoms with van der Waals surface area (Å²) in [6, 6.07) is 3.50. The summed E-state index contributed by atoms with van der Waals surface area (Å²) in [6.45, 7) is 6.03. The largest absolute Gasteiger partial charge is 0.466 e. The number of aliphatic imine (C=N–C) groups is 1. The van der Waals surface area contributed by atoms with Crippen LogP contribution < -0.4 is 5.73 Å². The average Bonchev–Trinajstić information content (AvgIpc) is 2.91. The smallest absolute Gasteiger partial charge is 0.191 e. The molecule has 1 aromatic heterocycles. The van der Waals surface area contributed by atoms with Crippen LogP contribution in [-0.2, 0) is 5.60 Å². The summed E-state index contributed by atoms with van der Waals surface area (Å²) in [5.41, 5.74) is 4.87. The van der Waals surface area contributed by atoms with Crippen molar-refractivity contribution in [3.05, 3.63) is 24.2 Å². The highest BCUT2D eigenvalue weighted by Gasteiger charge is 2.26. The summed E-state index contributed by atoms with van der Waals surface area (Å²) in [4.78, 5) is 6.39. The number of likely N-dealkylation sites (tertiary alicyclic amines) is 1. The highest BCUT2D eigenvalue weighted by molar-refractivity contribution is 14.0. The Morgan fingerprint density at radius 1 is 1.55 bits per heavy atom. The molecule has 3 N–H and O–H groups in total. The quantitative estimate of drug-likeness (QED) is 0.469. The van der Waals surface area contributed by atoms with Crippen molar-refractivity contribution in [2.45, 2.75) is 32.3 Å². The molecule has 0 radical (unpaired) electrons. The van der Waals surface area contributed by atoms with E-state index in [0.717, 1.165) is 31.8 Å². The number of furan rings is 1. The summed E-state index contributed by atoms with van der Waals surface area (Å²) >= 11 is 0. The first kappa shape index (κ1) is 17.3. The van der Waals surface area contributed by atoms with Crippen LogP contribution in [0.3, 0.4) is 0 Å². The number of piperidine rings is 1. The Morgan fingerprint density at radius 3 is 2.75 bits per heavy atom. The van der Waals surface area contributed by atoms with Gasteiger partial charge in [-0.2, -0.15) is 0 Å². The monoisotopic (exact) mass is 393 g/mol. The number of rotatable bonds is 3. The topological polar surface area (TPSA) is 75.0 Å². The Hall–Kier alpha value is -0.760. The molecule has 20 heavy (non-hydrogen) atoms.